The van der Waals surface area contributed by atoms with E-state index in [1.807, 2.05) is 30.3 Å². The second kappa shape index (κ2) is 4.63. The molecule has 0 unspecified atom stereocenters. The molecule has 1 aromatic rings. The van der Waals surface area contributed by atoms with Gasteiger partial charge in [0.05, 0.1) is 4.91 Å². The molecule has 1 amide bonds. The second-order valence-corrected chi connectivity index (χ2v) is 5.75. The molecule has 1 heterocycles. The van der Waals surface area contributed by atoms with Gasteiger partial charge in [-0.1, -0.05) is 42.2 Å². The van der Waals surface area contributed by atoms with Crippen molar-refractivity contribution in [3.05, 3.63) is 38.3 Å². The number of amides is 1. The SMILES string of the molecule is O=C1NC(=S)S/C1=C/c1ccccc1I. The van der Waals surface area contributed by atoms with Crippen LogP contribution >= 0.6 is 46.6 Å². The molecule has 2 rings (SSSR count). The first-order chi connectivity index (χ1) is 7.16. The smallest absolute Gasteiger partial charge is 0.263 e. The molecule has 1 aliphatic rings. The topological polar surface area (TPSA) is 29.1 Å². The van der Waals surface area contributed by atoms with Gasteiger partial charge in [0.1, 0.15) is 4.32 Å². The fraction of sp³-hybridized carbons (Fsp3) is 0. The molecular formula is C10H6INOS2. The van der Waals surface area contributed by atoms with Crippen LogP contribution in [0.15, 0.2) is 29.2 Å². The Morgan fingerprint density at radius 1 is 1.40 bits per heavy atom. The van der Waals surface area contributed by atoms with Crippen LogP contribution in [-0.2, 0) is 4.79 Å². The van der Waals surface area contributed by atoms with Crippen LogP contribution in [0.2, 0.25) is 0 Å². The maximum atomic E-state index is 11.4. The monoisotopic (exact) mass is 347 g/mol. The molecule has 0 spiro atoms. The van der Waals surface area contributed by atoms with Crippen molar-refractivity contribution in [3.63, 3.8) is 0 Å². The maximum absolute atomic E-state index is 11.4. The molecule has 1 fully saturated rings. The summed E-state index contributed by atoms with van der Waals surface area (Å²) in [6.07, 6.45) is 1.86. The first kappa shape index (κ1) is 11.1. The number of benzene rings is 1. The van der Waals surface area contributed by atoms with E-state index in [-0.39, 0.29) is 5.91 Å². The molecule has 1 N–H and O–H groups in total. The molecule has 1 aromatic carbocycles. The highest BCUT2D eigenvalue weighted by molar-refractivity contribution is 14.1. The normalized spacial score (nSPS) is 18.3. The van der Waals surface area contributed by atoms with Gasteiger partial charge in [-0.25, -0.2) is 0 Å². The summed E-state index contributed by atoms with van der Waals surface area (Å²) in [5.41, 5.74) is 1.04. The van der Waals surface area contributed by atoms with Gasteiger partial charge < -0.3 is 5.32 Å². The van der Waals surface area contributed by atoms with E-state index in [0.29, 0.717) is 9.23 Å². The van der Waals surface area contributed by atoms with Gasteiger partial charge in [0.2, 0.25) is 0 Å². The Labute approximate surface area is 111 Å². The summed E-state index contributed by atoms with van der Waals surface area (Å²) in [5.74, 6) is -0.107. The zero-order valence-corrected chi connectivity index (χ0v) is 11.3. The molecule has 0 bridgehead atoms. The van der Waals surface area contributed by atoms with Gasteiger partial charge in [0, 0.05) is 3.57 Å². The lowest BCUT2D eigenvalue weighted by molar-refractivity contribution is -0.115. The van der Waals surface area contributed by atoms with Gasteiger partial charge in [-0.15, -0.1) is 0 Å². The molecule has 0 aromatic heterocycles. The summed E-state index contributed by atoms with van der Waals surface area (Å²) in [5, 5.41) is 2.59. The second-order valence-electron chi connectivity index (χ2n) is 2.87. The summed E-state index contributed by atoms with van der Waals surface area (Å²) in [6, 6.07) is 7.90. The highest BCUT2D eigenvalue weighted by atomic mass is 127. The molecule has 1 saturated heterocycles. The number of halogens is 1. The summed E-state index contributed by atoms with van der Waals surface area (Å²) in [4.78, 5) is 12.1. The number of nitrogens with one attached hydrogen (secondary N) is 1. The van der Waals surface area contributed by atoms with Crippen molar-refractivity contribution in [2.75, 3.05) is 0 Å². The lowest BCUT2D eigenvalue weighted by atomic mass is 10.2. The summed E-state index contributed by atoms with van der Waals surface area (Å²) < 4.78 is 1.64. The molecular weight excluding hydrogens is 341 g/mol. The van der Waals surface area contributed by atoms with E-state index in [1.165, 1.54) is 11.8 Å². The Bertz CT molecular complexity index is 470. The fourth-order valence-electron chi connectivity index (χ4n) is 1.15. The van der Waals surface area contributed by atoms with Crippen LogP contribution in [0.1, 0.15) is 5.56 Å². The van der Waals surface area contributed by atoms with Crippen LogP contribution in [0.3, 0.4) is 0 Å². The minimum atomic E-state index is -0.107. The molecule has 0 radical (unpaired) electrons. The number of carbonyl (C=O) groups is 1. The maximum Gasteiger partial charge on any atom is 0.263 e. The Hall–Kier alpha value is -0.400. The van der Waals surface area contributed by atoms with Gasteiger partial charge in [-0.2, -0.15) is 0 Å². The van der Waals surface area contributed by atoms with Gasteiger partial charge in [-0.05, 0) is 40.3 Å². The first-order valence-corrected chi connectivity index (χ1v) is 6.46. The minimum absolute atomic E-state index is 0.107. The minimum Gasteiger partial charge on any atom is -0.307 e. The average Bonchev–Trinajstić information content (AvgIpc) is 2.49. The van der Waals surface area contributed by atoms with Crippen LogP contribution in [0.4, 0.5) is 0 Å². The van der Waals surface area contributed by atoms with E-state index in [4.69, 9.17) is 12.2 Å². The van der Waals surface area contributed by atoms with Crippen LogP contribution in [0, 0.1) is 3.57 Å². The Kier molecular flexibility index (Phi) is 3.42. The number of hydrogen-bond acceptors (Lipinski definition) is 3. The zero-order chi connectivity index (χ0) is 10.8. The van der Waals surface area contributed by atoms with Gasteiger partial charge in [-0.3, -0.25) is 4.79 Å². The number of thioether (sulfide) groups is 1. The van der Waals surface area contributed by atoms with E-state index in [9.17, 15) is 4.79 Å². The van der Waals surface area contributed by atoms with Gasteiger partial charge in [0.25, 0.3) is 5.91 Å². The fourth-order valence-corrected chi connectivity index (χ4v) is 2.73. The summed E-state index contributed by atoms with van der Waals surface area (Å²) in [7, 11) is 0. The Morgan fingerprint density at radius 2 is 2.13 bits per heavy atom. The number of rotatable bonds is 1. The number of hydrogen-bond donors (Lipinski definition) is 1. The highest BCUT2D eigenvalue weighted by Crippen LogP contribution is 2.27. The molecule has 15 heavy (non-hydrogen) atoms. The molecule has 2 nitrogen and oxygen atoms in total. The number of carbonyl (C=O) groups excluding carboxylic acids is 1. The van der Waals surface area contributed by atoms with Gasteiger partial charge in [0.15, 0.2) is 0 Å². The predicted molar refractivity (Wildman–Crippen MR) is 75.5 cm³/mol. The first-order valence-electron chi connectivity index (χ1n) is 4.16. The van der Waals surface area contributed by atoms with Crippen molar-refractivity contribution < 1.29 is 4.79 Å². The standard InChI is InChI=1S/C10H6INOS2/c11-7-4-2-1-3-6(7)5-8-9(13)12-10(14)15-8/h1-5H,(H,12,13,14)/b8-5+. The third-order valence-electron chi connectivity index (χ3n) is 1.83. The molecule has 0 atom stereocenters. The predicted octanol–water partition coefficient (Wildman–Crippen LogP) is 2.78. The summed E-state index contributed by atoms with van der Waals surface area (Å²) >= 11 is 8.46. The Balaban J connectivity index is 2.35. The van der Waals surface area contributed by atoms with Crippen molar-refractivity contribution in [3.8, 4) is 0 Å². The lowest BCUT2D eigenvalue weighted by Crippen LogP contribution is -2.17. The average molecular weight is 347 g/mol. The van der Waals surface area contributed by atoms with Crippen LogP contribution in [0.5, 0.6) is 0 Å². The largest absolute Gasteiger partial charge is 0.307 e. The lowest BCUT2D eigenvalue weighted by Gasteiger charge is -1.97. The Morgan fingerprint density at radius 3 is 2.73 bits per heavy atom. The van der Waals surface area contributed by atoms with E-state index >= 15 is 0 Å². The van der Waals surface area contributed by atoms with E-state index in [2.05, 4.69) is 27.9 Å². The van der Waals surface area contributed by atoms with Crippen molar-refractivity contribution in [2.45, 2.75) is 0 Å². The van der Waals surface area contributed by atoms with Crippen molar-refractivity contribution >= 4 is 62.9 Å². The van der Waals surface area contributed by atoms with E-state index < -0.39 is 0 Å². The molecule has 76 valence electrons. The number of thiocarbonyl (C=S) groups is 1. The van der Waals surface area contributed by atoms with Crippen LogP contribution < -0.4 is 5.32 Å². The summed E-state index contributed by atoms with van der Waals surface area (Å²) in [6.45, 7) is 0. The van der Waals surface area contributed by atoms with E-state index in [0.717, 1.165) is 9.13 Å². The van der Waals surface area contributed by atoms with Crippen LogP contribution in [-0.4, -0.2) is 10.2 Å². The van der Waals surface area contributed by atoms with Crippen molar-refractivity contribution in [1.29, 1.82) is 0 Å². The third kappa shape index (κ3) is 2.59. The van der Waals surface area contributed by atoms with Crippen molar-refractivity contribution in [2.24, 2.45) is 0 Å². The molecule has 5 heteroatoms. The van der Waals surface area contributed by atoms with Crippen molar-refractivity contribution in [1.82, 2.24) is 5.32 Å². The van der Waals surface area contributed by atoms with Crippen LogP contribution in [0.25, 0.3) is 6.08 Å². The molecule has 1 aliphatic heterocycles. The molecule has 0 aliphatic carbocycles. The highest BCUT2D eigenvalue weighted by Gasteiger charge is 2.21. The molecule has 0 saturated carbocycles. The van der Waals surface area contributed by atoms with E-state index in [1.54, 1.807) is 0 Å². The van der Waals surface area contributed by atoms with Gasteiger partial charge >= 0.3 is 0 Å². The third-order valence-corrected chi connectivity index (χ3v) is 3.98. The zero-order valence-electron chi connectivity index (χ0n) is 7.49. The quantitative estimate of drug-likeness (QED) is 0.481.